The highest BCUT2D eigenvalue weighted by Crippen LogP contribution is 2.27. The summed E-state index contributed by atoms with van der Waals surface area (Å²) in [4.78, 5) is 0. The van der Waals surface area contributed by atoms with E-state index >= 15 is 0 Å². The summed E-state index contributed by atoms with van der Waals surface area (Å²) in [7, 11) is 0. The van der Waals surface area contributed by atoms with Gasteiger partial charge in [0.2, 0.25) is 0 Å². The zero-order chi connectivity index (χ0) is 13.9. The topological polar surface area (TPSA) is 49.6 Å². The summed E-state index contributed by atoms with van der Waals surface area (Å²) < 4.78 is 8.61. The first-order chi connectivity index (χ1) is 9.78. The van der Waals surface area contributed by atoms with Crippen LogP contribution in [0.3, 0.4) is 0 Å². The van der Waals surface area contributed by atoms with Crippen LogP contribution in [-0.4, -0.2) is 8.75 Å². The normalized spacial score (nSPS) is 11.5. The van der Waals surface area contributed by atoms with Gasteiger partial charge in [0.15, 0.2) is 0 Å². The van der Waals surface area contributed by atoms with Crippen LogP contribution in [0.4, 0.5) is 0 Å². The summed E-state index contributed by atoms with van der Waals surface area (Å²) in [6.45, 7) is 1.80. The van der Waals surface area contributed by atoms with Gasteiger partial charge in [-0.2, -0.15) is 14.0 Å². The predicted molar refractivity (Wildman–Crippen MR) is 82.1 cm³/mol. The van der Waals surface area contributed by atoms with Crippen molar-refractivity contribution < 1.29 is 0 Å². The van der Waals surface area contributed by atoms with Gasteiger partial charge >= 0.3 is 0 Å². The van der Waals surface area contributed by atoms with E-state index in [1.807, 2.05) is 42.5 Å². The van der Waals surface area contributed by atoms with Crippen LogP contribution in [0.1, 0.15) is 12.5 Å². The lowest BCUT2D eigenvalue weighted by Gasteiger charge is -2.03. The van der Waals surface area contributed by atoms with Gasteiger partial charge in [0.05, 0.1) is 17.8 Å². The van der Waals surface area contributed by atoms with Crippen LogP contribution in [-0.2, 0) is 0 Å². The number of allylic oxidation sites excluding steroid dienone is 1. The fourth-order valence-corrected chi connectivity index (χ4v) is 2.63. The summed E-state index contributed by atoms with van der Waals surface area (Å²) in [5.74, 6) is 0. The van der Waals surface area contributed by atoms with Crippen LogP contribution in [0.15, 0.2) is 48.0 Å². The lowest BCUT2D eigenvalue weighted by molar-refractivity contribution is 1.46. The molecule has 0 saturated carbocycles. The van der Waals surface area contributed by atoms with Gasteiger partial charge in [0.1, 0.15) is 11.0 Å². The zero-order valence-corrected chi connectivity index (χ0v) is 11.7. The van der Waals surface area contributed by atoms with Crippen molar-refractivity contribution >= 4 is 28.8 Å². The van der Waals surface area contributed by atoms with Crippen molar-refractivity contribution in [2.45, 2.75) is 6.92 Å². The fourth-order valence-electron chi connectivity index (χ4n) is 2.08. The lowest BCUT2D eigenvalue weighted by Crippen LogP contribution is -1.81. The van der Waals surface area contributed by atoms with Gasteiger partial charge in [-0.05, 0) is 30.2 Å². The van der Waals surface area contributed by atoms with E-state index in [1.54, 1.807) is 6.92 Å². The quantitative estimate of drug-likeness (QED) is 0.657. The second kappa shape index (κ2) is 5.24. The van der Waals surface area contributed by atoms with Crippen molar-refractivity contribution in [3.63, 3.8) is 0 Å². The van der Waals surface area contributed by atoms with E-state index in [9.17, 15) is 0 Å². The van der Waals surface area contributed by atoms with Gasteiger partial charge in [0, 0.05) is 11.1 Å². The number of hydrogen-bond acceptors (Lipinski definition) is 4. The maximum absolute atomic E-state index is 8.79. The van der Waals surface area contributed by atoms with Crippen molar-refractivity contribution in [3.05, 3.63) is 53.6 Å². The van der Waals surface area contributed by atoms with Crippen molar-refractivity contribution in [1.82, 2.24) is 8.75 Å². The second-order valence-corrected chi connectivity index (χ2v) is 5.03. The molecule has 0 aliphatic rings. The molecule has 96 valence electrons. The number of aromatic nitrogens is 2. The number of nitrogens with zero attached hydrogens (tertiary/aromatic N) is 3. The van der Waals surface area contributed by atoms with Gasteiger partial charge in [-0.15, -0.1) is 0 Å². The Kier molecular flexibility index (Phi) is 3.28. The average Bonchev–Trinajstić information content (AvgIpc) is 2.96. The highest BCUT2D eigenvalue weighted by Gasteiger charge is 2.06. The number of rotatable bonds is 2. The molecule has 0 bridgehead atoms. The largest absolute Gasteiger partial charge is 0.193 e. The summed E-state index contributed by atoms with van der Waals surface area (Å²) in [5.41, 5.74) is 5.78. The first-order valence-electron chi connectivity index (χ1n) is 6.18. The van der Waals surface area contributed by atoms with E-state index in [4.69, 9.17) is 5.26 Å². The Labute approximate surface area is 121 Å². The molecule has 0 N–H and O–H groups in total. The third-order valence-corrected chi connectivity index (χ3v) is 3.61. The molecule has 3 aromatic rings. The van der Waals surface area contributed by atoms with Crippen molar-refractivity contribution in [2.24, 2.45) is 0 Å². The van der Waals surface area contributed by atoms with Crippen LogP contribution in [0, 0.1) is 11.3 Å². The minimum absolute atomic E-state index is 0.698. The second-order valence-electron chi connectivity index (χ2n) is 4.50. The van der Waals surface area contributed by atoms with E-state index in [2.05, 4.69) is 20.9 Å². The Hall–Kier alpha value is -2.51. The van der Waals surface area contributed by atoms with Crippen molar-refractivity contribution in [1.29, 1.82) is 5.26 Å². The molecule has 1 aromatic heterocycles. The fraction of sp³-hybridized carbons (Fsp3) is 0.0625. The molecule has 0 aliphatic carbocycles. The van der Waals surface area contributed by atoms with E-state index in [0.29, 0.717) is 5.57 Å². The Morgan fingerprint density at radius 2 is 1.95 bits per heavy atom. The van der Waals surface area contributed by atoms with E-state index in [1.165, 1.54) is 11.7 Å². The molecular formula is C16H11N3S. The minimum atomic E-state index is 0.698. The molecule has 0 saturated heterocycles. The summed E-state index contributed by atoms with van der Waals surface area (Å²) in [6.07, 6.45) is 1.87. The molecule has 0 amide bonds. The minimum Gasteiger partial charge on any atom is -0.193 e. The number of hydrogen-bond donors (Lipinski definition) is 0. The summed E-state index contributed by atoms with van der Waals surface area (Å²) in [5, 5.41) is 8.79. The zero-order valence-electron chi connectivity index (χ0n) is 10.9. The third kappa shape index (κ3) is 2.31. The molecule has 0 aliphatic heterocycles. The van der Waals surface area contributed by atoms with Gasteiger partial charge in [-0.1, -0.05) is 36.4 Å². The van der Waals surface area contributed by atoms with Crippen LogP contribution < -0.4 is 0 Å². The number of fused-ring (bicyclic) bond motifs is 1. The highest BCUT2D eigenvalue weighted by atomic mass is 32.1. The molecule has 0 unspecified atom stereocenters. The molecule has 3 rings (SSSR count). The summed E-state index contributed by atoms with van der Waals surface area (Å²) >= 11 is 1.23. The first kappa shape index (κ1) is 12.5. The molecular weight excluding hydrogens is 266 g/mol. The summed E-state index contributed by atoms with van der Waals surface area (Å²) in [6, 6.07) is 16.2. The van der Waals surface area contributed by atoms with Crippen LogP contribution in [0.25, 0.3) is 28.2 Å². The van der Waals surface area contributed by atoms with Gasteiger partial charge in [-0.25, -0.2) is 0 Å². The van der Waals surface area contributed by atoms with Crippen molar-refractivity contribution in [2.75, 3.05) is 0 Å². The van der Waals surface area contributed by atoms with Gasteiger partial charge in [-0.3, -0.25) is 0 Å². The van der Waals surface area contributed by atoms with E-state index in [0.717, 1.165) is 27.7 Å². The Morgan fingerprint density at radius 1 is 1.15 bits per heavy atom. The van der Waals surface area contributed by atoms with E-state index in [-0.39, 0.29) is 0 Å². The smallest absolute Gasteiger partial charge is 0.112 e. The van der Waals surface area contributed by atoms with Crippen LogP contribution in [0.5, 0.6) is 0 Å². The van der Waals surface area contributed by atoms with Gasteiger partial charge in [0.25, 0.3) is 0 Å². The van der Waals surface area contributed by atoms with Gasteiger partial charge < -0.3 is 0 Å². The molecule has 0 atom stereocenters. The maximum atomic E-state index is 8.79. The molecule has 0 spiro atoms. The van der Waals surface area contributed by atoms with Crippen molar-refractivity contribution in [3.8, 4) is 17.2 Å². The molecule has 0 radical (unpaired) electrons. The maximum Gasteiger partial charge on any atom is 0.112 e. The average molecular weight is 277 g/mol. The van der Waals surface area contributed by atoms with Crippen LogP contribution >= 0.6 is 11.7 Å². The van der Waals surface area contributed by atoms with E-state index < -0.39 is 0 Å². The first-order valence-corrected chi connectivity index (χ1v) is 6.91. The Bertz CT molecular complexity index is 823. The lowest BCUT2D eigenvalue weighted by atomic mass is 10.0. The van der Waals surface area contributed by atoms with Crippen LogP contribution in [0.2, 0.25) is 0 Å². The third-order valence-electron chi connectivity index (χ3n) is 3.07. The standard InChI is InChI=1S/C16H11N3S/c1-11(10-17)9-12-5-7-13(8-6-12)14-3-2-4-15-16(14)19-20-18-15/h2-9H,1H3. The number of nitriles is 1. The molecule has 3 nitrogen and oxygen atoms in total. The Balaban J connectivity index is 2.04. The number of benzene rings is 2. The predicted octanol–water partition coefficient (Wildman–Crippen LogP) is 4.29. The molecule has 0 fully saturated rings. The molecule has 1 heterocycles. The highest BCUT2D eigenvalue weighted by molar-refractivity contribution is 7.00. The Morgan fingerprint density at radius 3 is 2.70 bits per heavy atom. The monoisotopic (exact) mass is 277 g/mol. The molecule has 20 heavy (non-hydrogen) atoms. The molecule has 4 heteroatoms. The SMILES string of the molecule is CC(C#N)=Cc1ccc(-c2cccc3nsnc23)cc1. The molecule has 2 aromatic carbocycles.